The molecule has 0 saturated heterocycles. The summed E-state index contributed by atoms with van der Waals surface area (Å²) in [5.41, 5.74) is 0. The second-order valence-corrected chi connectivity index (χ2v) is 3.61. The fourth-order valence-corrected chi connectivity index (χ4v) is 1.21. The molecule has 0 amide bonds. The van der Waals surface area contributed by atoms with Crippen LogP contribution in [-0.4, -0.2) is 23.1 Å². The molecular formula is C11H20N4. The Kier molecular flexibility index (Phi) is 4.34. The van der Waals surface area contributed by atoms with E-state index in [1.807, 2.05) is 13.1 Å². The van der Waals surface area contributed by atoms with E-state index >= 15 is 0 Å². The summed E-state index contributed by atoms with van der Waals surface area (Å²) < 4.78 is 0. The van der Waals surface area contributed by atoms with Gasteiger partial charge < -0.3 is 10.6 Å². The number of hydrogen-bond donors (Lipinski definition) is 2. The first-order valence-corrected chi connectivity index (χ1v) is 5.51. The first-order valence-electron chi connectivity index (χ1n) is 5.51. The van der Waals surface area contributed by atoms with Crippen LogP contribution in [0.5, 0.6) is 0 Å². The molecule has 1 unspecified atom stereocenters. The third-order valence-corrected chi connectivity index (χ3v) is 2.35. The Morgan fingerprint density at radius 3 is 2.47 bits per heavy atom. The molecule has 1 aromatic rings. The van der Waals surface area contributed by atoms with Crippen molar-refractivity contribution in [3.8, 4) is 0 Å². The average molecular weight is 208 g/mol. The molecule has 0 fully saturated rings. The van der Waals surface area contributed by atoms with Crippen molar-refractivity contribution in [2.45, 2.75) is 39.7 Å². The van der Waals surface area contributed by atoms with Gasteiger partial charge in [0.05, 0.1) is 0 Å². The van der Waals surface area contributed by atoms with Gasteiger partial charge >= 0.3 is 0 Å². The van der Waals surface area contributed by atoms with Gasteiger partial charge in [-0.05, 0) is 13.3 Å². The summed E-state index contributed by atoms with van der Waals surface area (Å²) in [6, 6.07) is 2.38. The van der Waals surface area contributed by atoms with E-state index in [1.54, 1.807) is 0 Å². The van der Waals surface area contributed by atoms with E-state index in [0.29, 0.717) is 6.04 Å². The van der Waals surface area contributed by atoms with Crippen molar-refractivity contribution in [3.63, 3.8) is 0 Å². The normalized spacial score (nSPS) is 12.3. The van der Waals surface area contributed by atoms with Gasteiger partial charge in [0.2, 0.25) is 0 Å². The molecule has 0 radical (unpaired) electrons. The monoisotopic (exact) mass is 208 g/mol. The Morgan fingerprint density at radius 2 is 1.93 bits per heavy atom. The van der Waals surface area contributed by atoms with Gasteiger partial charge in [-0.3, -0.25) is 0 Å². The maximum Gasteiger partial charge on any atom is 0.132 e. The van der Waals surface area contributed by atoms with Crippen LogP contribution in [0.3, 0.4) is 0 Å². The molecule has 0 aliphatic rings. The Labute approximate surface area is 91.5 Å². The highest BCUT2D eigenvalue weighted by Crippen LogP contribution is 2.12. The quantitative estimate of drug-likeness (QED) is 0.779. The highest BCUT2D eigenvalue weighted by Gasteiger charge is 2.04. The van der Waals surface area contributed by atoms with Gasteiger partial charge in [0.15, 0.2) is 0 Å². The number of rotatable bonds is 5. The van der Waals surface area contributed by atoms with E-state index < -0.39 is 0 Å². The highest BCUT2D eigenvalue weighted by atomic mass is 15.1. The maximum atomic E-state index is 4.43. The van der Waals surface area contributed by atoms with Crippen molar-refractivity contribution in [3.05, 3.63) is 11.9 Å². The molecule has 84 valence electrons. The number of aromatic nitrogens is 2. The van der Waals surface area contributed by atoms with E-state index in [0.717, 1.165) is 30.3 Å². The van der Waals surface area contributed by atoms with Gasteiger partial charge in [0, 0.05) is 25.6 Å². The smallest absolute Gasteiger partial charge is 0.132 e. The van der Waals surface area contributed by atoms with Crippen LogP contribution in [0.25, 0.3) is 0 Å². The molecule has 0 spiro atoms. The predicted octanol–water partition coefficient (Wildman–Crippen LogP) is 2.29. The SMILES string of the molecule is CCc1nc(NC)cc(NC(C)CC)n1. The fourth-order valence-electron chi connectivity index (χ4n) is 1.21. The molecule has 15 heavy (non-hydrogen) atoms. The van der Waals surface area contributed by atoms with E-state index in [4.69, 9.17) is 0 Å². The molecule has 0 aliphatic carbocycles. The van der Waals surface area contributed by atoms with Crippen molar-refractivity contribution in [2.24, 2.45) is 0 Å². The predicted molar refractivity (Wildman–Crippen MR) is 64.3 cm³/mol. The van der Waals surface area contributed by atoms with Crippen LogP contribution in [0.2, 0.25) is 0 Å². The number of hydrogen-bond acceptors (Lipinski definition) is 4. The van der Waals surface area contributed by atoms with Crippen molar-refractivity contribution in [2.75, 3.05) is 17.7 Å². The summed E-state index contributed by atoms with van der Waals surface area (Å²) >= 11 is 0. The molecule has 4 nitrogen and oxygen atoms in total. The minimum Gasteiger partial charge on any atom is -0.373 e. The van der Waals surface area contributed by atoms with Crippen molar-refractivity contribution < 1.29 is 0 Å². The summed E-state index contributed by atoms with van der Waals surface area (Å²) in [6.45, 7) is 6.35. The van der Waals surface area contributed by atoms with Crippen LogP contribution in [0, 0.1) is 0 Å². The van der Waals surface area contributed by atoms with Gasteiger partial charge in [-0.15, -0.1) is 0 Å². The van der Waals surface area contributed by atoms with Crippen LogP contribution in [0.15, 0.2) is 6.07 Å². The van der Waals surface area contributed by atoms with Crippen molar-refractivity contribution in [1.29, 1.82) is 0 Å². The molecule has 2 N–H and O–H groups in total. The number of aryl methyl sites for hydroxylation is 1. The minimum atomic E-state index is 0.439. The summed E-state index contributed by atoms with van der Waals surface area (Å²) in [6.07, 6.45) is 1.94. The zero-order valence-electron chi connectivity index (χ0n) is 9.96. The van der Waals surface area contributed by atoms with Crippen LogP contribution < -0.4 is 10.6 Å². The Hall–Kier alpha value is -1.32. The van der Waals surface area contributed by atoms with Crippen LogP contribution in [-0.2, 0) is 6.42 Å². The Morgan fingerprint density at radius 1 is 1.27 bits per heavy atom. The molecule has 0 saturated carbocycles. The standard InChI is InChI=1S/C11H20N4/c1-5-8(3)13-11-7-10(12-4)14-9(6-2)15-11/h7-8H,5-6H2,1-4H3,(H2,12,13,14,15). The average Bonchev–Trinajstić information content (AvgIpc) is 2.28. The molecule has 4 heteroatoms. The fraction of sp³-hybridized carbons (Fsp3) is 0.636. The largest absolute Gasteiger partial charge is 0.373 e. The second-order valence-electron chi connectivity index (χ2n) is 3.61. The van der Waals surface area contributed by atoms with Crippen LogP contribution in [0.1, 0.15) is 33.0 Å². The van der Waals surface area contributed by atoms with Gasteiger partial charge in [0.1, 0.15) is 17.5 Å². The zero-order valence-corrected chi connectivity index (χ0v) is 9.96. The van der Waals surface area contributed by atoms with Crippen molar-refractivity contribution in [1.82, 2.24) is 9.97 Å². The second kappa shape index (κ2) is 5.53. The lowest BCUT2D eigenvalue weighted by Crippen LogP contribution is -2.15. The Balaban J connectivity index is 2.86. The third-order valence-electron chi connectivity index (χ3n) is 2.35. The number of nitrogens with one attached hydrogen (secondary N) is 2. The van der Waals surface area contributed by atoms with Gasteiger partial charge in [-0.2, -0.15) is 0 Å². The first-order chi connectivity index (χ1) is 7.19. The molecular weight excluding hydrogens is 188 g/mol. The van der Waals surface area contributed by atoms with Gasteiger partial charge in [0.25, 0.3) is 0 Å². The van der Waals surface area contributed by atoms with E-state index in [9.17, 15) is 0 Å². The molecule has 1 atom stereocenters. The van der Waals surface area contributed by atoms with E-state index in [2.05, 4.69) is 41.4 Å². The molecule has 1 heterocycles. The lowest BCUT2D eigenvalue weighted by molar-refractivity contribution is 0.755. The molecule has 0 aromatic carbocycles. The van der Waals surface area contributed by atoms with Crippen LogP contribution >= 0.6 is 0 Å². The molecule has 1 aromatic heterocycles. The van der Waals surface area contributed by atoms with E-state index in [1.165, 1.54) is 0 Å². The zero-order chi connectivity index (χ0) is 11.3. The van der Waals surface area contributed by atoms with E-state index in [-0.39, 0.29) is 0 Å². The number of anilines is 2. The molecule has 0 bridgehead atoms. The maximum absolute atomic E-state index is 4.43. The lowest BCUT2D eigenvalue weighted by atomic mass is 10.2. The Bertz CT molecular complexity index is 289. The molecule has 0 aliphatic heterocycles. The topological polar surface area (TPSA) is 49.8 Å². The van der Waals surface area contributed by atoms with Gasteiger partial charge in [-0.1, -0.05) is 13.8 Å². The first kappa shape index (κ1) is 11.8. The highest BCUT2D eigenvalue weighted by molar-refractivity contribution is 5.47. The molecule has 1 rings (SSSR count). The minimum absolute atomic E-state index is 0.439. The summed E-state index contributed by atoms with van der Waals surface area (Å²) in [5, 5.41) is 6.39. The summed E-state index contributed by atoms with van der Waals surface area (Å²) in [4.78, 5) is 8.77. The van der Waals surface area contributed by atoms with Gasteiger partial charge in [-0.25, -0.2) is 9.97 Å². The summed E-state index contributed by atoms with van der Waals surface area (Å²) in [5.74, 6) is 2.64. The lowest BCUT2D eigenvalue weighted by Gasteiger charge is -2.13. The van der Waals surface area contributed by atoms with Crippen LogP contribution in [0.4, 0.5) is 11.6 Å². The number of nitrogens with zero attached hydrogens (tertiary/aromatic N) is 2. The van der Waals surface area contributed by atoms with Crippen molar-refractivity contribution >= 4 is 11.6 Å². The summed E-state index contributed by atoms with van der Waals surface area (Å²) in [7, 11) is 1.87. The third kappa shape index (κ3) is 3.38.